The Morgan fingerprint density at radius 2 is 2.29 bits per heavy atom. The van der Waals surface area contributed by atoms with Crippen molar-refractivity contribution in [2.24, 2.45) is 7.05 Å². The molecule has 0 N–H and O–H groups in total. The third-order valence-electron chi connectivity index (χ3n) is 3.96. The molecular formula is C14H18N4O4S2. The third-order valence-corrected chi connectivity index (χ3v) is 6.77. The van der Waals surface area contributed by atoms with Crippen LogP contribution in [-0.4, -0.2) is 58.6 Å². The van der Waals surface area contributed by atoms with Crippen LogP contribution in [0.1, 0.15) is 22.7 Å². The zero-order valence-electron chi connectivity index (χ0n) is 13.4. The van der Waals surface area contributed by atoms with Crippen molar-refractivity contribution in [1.82, 2.24) is 19.7 Å². The Labute approximate surface area is 144 Å². The smallest absolute Gasteiger partial charge is 0.289 e. The number of sulfone groups is 1. The van der Waals surface area contributed by atoms with Crippen molar-refractivity contribution < 1.29 is 17.6 Å². The summed E-state index contributed by atoms with van der Waals surface area (Å²) >= 11 is 1.46. The van der Waals surface area contributed by atoms with E-state index >= 15 is 0 Å². The van der Waals surface area contributed by atoms with Crippen molar-refractivity contribution in [3.05, 3.63) is 30.0 Å². The third kappa shape index (κ3) is 3.64. The van der Waals surface area contributed by atoms with Crippen LogP contribution in [0.3, 0.4) is 0 Å². The Bertz CT molecular complexity index is 843. The molecule has 1 fully saturated rings. The highest BCUT2D eigenvalue weighted by molar-refractivity contribution is 7.98. The van der Waals surface area contributed by atoms with Gasteiger partial charge in [0.15, 0.2) is 20.8 Å². The molecule has 8 nitrogen and oxygen atoms in total. The van der Waals surface area contributed by atoms with E-state index in [1.54, 1.807) is 30.1 Å². The lowest BCUT2D eigenvalue weighted by Crippen LogP contribution is -2.37. The molecule has 1 aliphatic rings. The lowest BCUT2D eigenvalue weighted by atomic mass is 10.2. The molecular weight excluding hydrogens is 352 g/mol. The van der Waals surface area contributed by atoms with Crippen LogP contribution in [-0.2, 0) is 22.6 Å². The van der Waals surface area contributed by atoms with Crippen molar-refractivity contribution in [3.63, 3.8) is 0 Å². The molecule has 0 radical (unpaired) electrons. The van der Waals surface area contributed by atoms with Crippen molar-refractivity contribution in [2.75, 3.05) is 18.6 Å². The Hall–Kier alpha value is -1.81. The molecule has 3 rings (SSSR count). The maximum absolute atomic E-state index is 12.4. The minimum Gasteiger partial charge on any atom is -0.455 e. The van der Waals surface area contributed by atoms with Crippen molar-refractivity contribution in [2.45, 2.75) is 23.4 Å². The first kappa shape index (κ1) is 17.0. The van der Waals surface area contributed by atoms with Crippen LogP contribution in [0.25, 0.3) is 0 Å². The second-order valence-corrected chi connectivity index (χ2v) is 8.92. The van der Waals surface area contributed by atoms with E-state index < -0.39 is 9.84 Å². The fourth-order valence-corrected chi connectivity index (χ4v) is 5.09. The van der Waals surface area contributed by atoms with Gasteiger partial charge in [-0.15, -0.1) is 10.2 Å². The van der Waals surface area contributed by atoms with E-state index in [4.69, 9.17) is 4.42 Å². The van der Waals surface area contributed by atoms with E-state index in [0.717, 1.165) is 5.16 Å². The quantitative estimate of drug-likeness (QED) is 0.723. The molecule has 0 spiro atoms. The summed E-state index contributed by atoms with van der Waals surface area (Å²) in [5.41, 5.74) is 0. The molecule has 0 bridgehead atoms. The summed E-state index contributed by atoms with van der Waals surface area (Å²) in [5.74, 6) is 1.25. The average molecular weight is 370 g/mol. The molecule has 10 heteroatoms. The Morgan fingerprint density at radius 3 is 2.92 bits per heavy atom. The van der Waals surface area contributed by atoms with Gasteiger partial charge in [0.1, 0.15) is 12.1 Å². The van der Waals surface area contributed by atoms with E-state index in [1.165, 1.54) is 16.7 Å². The fraction of sp³-hybridized carbons (Fsp3) is 0.500. The highest BCUT2D eigenvalue weighted by Crippen LogP contribution is 2.23. The number of aryl methyl sites for hydroxylation is 1. The maximum Gasteiger partial charge on any atom is 0.289 e. The van der Waals surface area contributed by atoms with Crippen molar-refractivity contribution in [3.8, 4) is 0 Å². The molecule has 1 saturated heterocycles. The van der Waals surface area contributed by atoms with Crippen LogP contribution in [0, 0.1) is 0 Å². The SMILES string of the molecule is CN(C(=O)c1ccc(CSc2nncn2C)o1)[C@H]1CCS(=O)(=O)C1. The number of nitrogens with zero attached hydrogens (tertiary/aromatic N) is 4. The van der Waals surface area contributed by atoms with E-state index in [-0.39, 0.29) is 29.2 Å². The molecule has 0 saturated carbocycles. The minimum atomic E-state index is -3.03. The second kappa shape index (κ2) is 6.60. The molecule has 24 heavy (non-hydrogen) atoms. The van der Waals surface area contributed by atoms with E-state index in [0.29, 0.717) is 17.9 Å². The summed E-state index contributed by atoms with van der Waals surface area (Å²) in [6.45, 7) is 0. The topological polar surface area (TPSA) is 98.3 Å². The number of hydrogen-bond donors (Lipinski definition) is 0. The van der Waals surface area contributed by atoms with Gasteiger partial charge in [0, 0.05) is 20.1 Å². The second-order valence-electron chi connectivity index (χ2n) is 5.75. The van der Waals surface area contributed by atoms with Gasteiger partial charge in [-0.3, -0.25) is 4.79 Å². The van der Waals surface area contributed by atoms with Gasteiger partial charge in [0.25, 0.3) is 5.91 Å². The van der Waals surface area contributed by atoms with E-state index in [1.807, 2.05) is 7.05 Å². The van der Waals surface area contributed by atoms with Gasteiger partial charge in [-0.2, -0.15) is 0 Å². The first-order chi connectivity index (χ1) is 11.4. The lowest BCUT2D eigenvalue weighted by molar-refractivity contribution is 0.0714. The fourth-order valence-electron chi connectivity index (χ4n) is 2.53. The number of aromatic nitrogens is 3. The zero-order valence-corrected chi connectivity index (χ0v) is 15.0. The lowest BCUT2D eigenvalue weighted by Gasteiger charge is -2.22. The molecule has 2 aromatic heterocycles. The van der Waals surface area contributed by atoms with E-state index in [9.17, 15) is 13.2 Å². The van der Waals surface area contributed by atoms with Gasteiger partial charge >= 0.3 is 0 Å². The van der Waals surface area contributed by atoms with Crippen LogP contribution in [0.15, 0.2) is 28.0 Å². The van der Waals surface area contributed by atoms with Crippen LogP contribution in [0.4, 0.5) is 0 Å². The van der Waals surface area contributed by atoms with Gasteiger partial charge in [-0.05, 0) is 18.6 Å². The summed E-state index contributed by atoms with van der Waals surface area (Å²) < 4.78 is 30.5. The summed E-state index contributed by atoms with van der Waals surface area (Å²) in [4.78, 5) is 13.9. The normalized spacial score (nSPS) is 19.5. The highest BCUT2D eigenvalue weighted by Gasteiger charge is 2.33. The number of carbonyl (C=O) groups is 1. The minimum absolute atomic E-state index is 0.0187. The number of rotatable bonds is 5. The summed E-state index contributed by atoms with van der Waals surface area (Å²) in [5, 5.41) is 8.52. The Morgan fingerprint density at radius 1 is 1.50 bits per heavy atom. The zero-order chi connectivity index (χ0) is 17.3. The monoisotopic (exact) mass is 370 g/mol. The van der Waals surface area contributed by atoms with Crippen LogP contribution in [0.5, 0.6) is 0 Å². The maximum atomic E-state index is 12.4. The molecule has 0 unspecified atom stereocenters. The van der Waals surface area contributed by atoms with Crippen molar-refractivity contribution >= 4 is 27.5 Å². The van der Waals surface area contributed by atoms with Gasteiger partial charge in [-0.25, -0.2) is 8.42 Å². The number of thioether (sulfide) groups is 1. The van der Waals surface area contributed by atoms with Gasteiger partial charge in [0.2, 0.25) is 0 Å². The number of amides is 1. The molecule has 130 valence electrons. The number of furan rings is 1. The number of carbonyl (C=O) groups excluding carboxylic acids is 1. The van der Waals surface area contributed by atoms with Gasteiger partial charge < -0.3 is 13.9 Å². The molecule has 1 amide bonds. The number of hydrogen-bond acceptors (Lipinski definition) is 7. The molecule has 0 aliphatic carbocycles. The van der Waals surface area contributed by atoms with E-state index in [2.05, 4.69) is 10.2 Å². The Kier molecular flexibility index (Phi) is 4.68. The molecule has 1 aliphatic heterocycles. The van der Waals surface area contributed by atoms with Crippen LogP contribution in [0.2, 0.25) is 0 Å². The Balaban J connectivity index is 1.62. The summed E-state index contributed by atoms with van der Waals surface area (Å²) in [6.07, 6.45) is 2.09. The highest BCUT2D eigenvalue weighted by atomic mass is 32.2. The van der Waals surface area contributed by atoms with Crippen LogP contribution < -0.4 is 0 Å². The average Bonchev–Trinajstić information content (AvgIpc) is 3.24. The molecule has 3 heterocycles. The summed E-state index contributed by atoms with van der Waals surface area (Å²) in [6, 6.07) is 3.08. The predicted octanol–water partition coefficient (Wildman–Crippen LogP) is 0.959. The standard InChI is InChI=1S/C14H18N4O4S2/c1-17-9-15-16-14(17)23-7-11-3-4-12(22-11)13(19)18(2)10-5-6-24(20,21)8-10/h3-4,9-10H,5-8H2,1-2H3/t10-/m0/s1. The van der Waals surface area contributed by atoms with Gasteiger partial charge in [0.05, 0.1) is 17.3 Å². The first-order valence-electron chi connectivity index (χ1n) is 7.39. The largest absolute Gasteiger partial charge is 0.455 e. The predicted molar refractivity (Wildman–Crippen MR) is 88.4 cm³/mol. The van der Waals surface area contributed by atoms with Crippen molar-refractivity contribution in [1.29, 1.82) is 0 Å². The molecule has 1 atom stereocenters. The van der Waals surface area contributed by atoms with Crippen LogP contribution >= 0.6 is 11.8 Å². The van der Waals surface area contributed by atoms with Gasteiger partial charge in [-0.1, -0.05) is 11.8 Å². The summed E-state index contributed by atoms with van der Waals surface area (Å²) in [7, 11) is 0.435. The molecule has 2 aromatic rings. The first-order valence-corrected chi connectivity index (χ1v) is 10.2. The molecule has 0 aromatic carbocycles.